The molecule has 0 radical (unpaired) electrons. The third-order valence-corrected chi connectivity index (χ3v) is 3.05. The first-order chi connectivity index (χ1) is 10.5. The van der Waals surface area contributed by atoms with Gasteiger partial charge in [0.2, 0.25) is 0 Å². The number of nitrogens with one attached hydrogen (secondary N) is 2. The lowest BCUT2D eigenvalue weighted by molar-refractivity contribution is -0.141. The first-order valence-corrected chi connectivity index (χ1v) is 6.22. The van der Waals surface area contributed by atoms with Crippen molar-refractivity contribution in [3.8, 4) is 0 Å². The Balaban J connectivity index is 1.96. The van der Waals surface area contributed by atoms with E-state index in [0.29, 0.717) is 11.2 Å². The molecule has 0 unspecified atom stereocenters. The van der Waals surface area contributed by atoms with Crippen molar-refractivity contribution in [2.75, 3.05) is 5.32 Å². The Bertz CT molecular complexity index is 836. The van der Waals surface area contributed by atoms with E-state index in [1.165, 1.54) is 6.20 Å². The molecule has 0 fully saturated rings. The predicted octanol–water partition coefficient (Wildman–Crippen LogP) is 3.23. The van der Waals surface area contributed by atoms with Gasteiger partial charge in [-0.3, -0.25) is 14.9 Å². The molecule has 112 valence electrons. The summed E-state index contributed by atoms with van der Waals surface area (Å²) in [6, 6.07) is 8.56. The summed E-state index contributed by atoms with van der Waals surface area (Å²) < 4.78 is 38.3. The number of carbonyl (C=O) groups excluding carboxylic acids is 1. The third kappa shape index (κ3) is 2.50. The van der Waals surface area contributed by atoms with E-state index >= 15 is 0 Å². The van der Waals surface area contributed by atoms with E-state index < -0.39 is 23.3 Å². The Morgan fingerprint density at radius 3 is 2.73 bits per heavy atom. The van der Waals surface area contributed by atoms with Gasteiger partial charge in [-0.15, -0.1) is 0 Å². The minimum atomic E-state index is -4.68. The molecule has 0 atom stereocenters. The van der Waals surface area contributed by atoms with Gasteiger partial charge >= 0.3 is 6.18 Å². The second-order valence-electron chi connectivity index (χ2n) is 4.49. The predicted molar refractivity (Wildman–Crippen MR) is 73.3 cm³/mol. The summed E-state index contributed by atoms with van der Waals surface area (Å²) in [4.78, 5) is 16.2. The number of anilines is 1. The number of pyridine rings is 1. The number of benzene rings is 1. The molecule has 1 aromatic carbocycles. The van der Waals surface area contributed by atoms with Gasteiger partial charge in [0.1, 0.15) is 0 Å². The molecule has 1 amide bonds. The lowest BCUT2D eigenvalue weighted by Crippen LogP contribution is -2.18. The van der Waals surface area contributed by atoms with Crippen LogP contribution in [0.3, 0.4) is 0 Å². The van der Waals surface area contributed by atoms with Gasteiger partial charge in [-0.05, 0) is 12.1 Å². The van der Waals surface area contributed by atoms with Gasteiger partial charge in [0, 0.05) is 11.6 Å². The summed E-state index contributed by atoms with van der Waals surface area (Å²) in [5.41, 5.74) is -0.925. The average Bonchev–Trinajstić information content (AvgIpc) is 2.97. The number of hydrogen-bond donors (Lipinski definition) is 2. The van der Waals surface area contributed by atoms with Crippen molar-refractivity contribution in [3.63, 3.8) is 0 Å². The minimum absolute atomic E-state index is 0.331. The molecule has 22 heavy (non-hydrogen) atoms. The second kappa shape index (κ2) is 5.14. The highest BCUT2D eigenvalue weighted by Crippen LogP contribution is 2.30. The van der Waals surface area contributed by atoms with Crippen molar-refractivity contribution in [3.05, 3.63) is 54.0 Å². The van der Waals surface area contributed by atoms with E-state index in [0.717, 1.165) is 11.6 Å². The molecule has 2 heterocycles. The molecule has 5 nitrogen and oxygen atoms in total. The summed E-state index contributed by atoms with van der Waals surface area (Å²) in [6.07, 6.45) is -2.30. The van der Waals surface area contributed by atoms with E-state index in [2.05, 4.69) is 15.4 Å². The van der Waals surface area contributed by atoms with E-state index in [1.807, 2.05) is 0 Å². The van der Waals surface area contributed by atoms with Crippen molar-refractivity contribution < 1.29 is 18.0 Å². The van der Waals surface area contributed by atoms with Gasteiger partial charge in [-0.1, -0.05) is 18.2 Å². The molecular formula is C14H9F3N4O. The highest BCUT2D eigenvalue weighted by atomic mass is 19.4. The van der Waals surface area contributed by atoms with Crippen molar-refractivity contribution >= 4 is 22.5 Å². The third-order valence-electron chi connectivity index (χ3n) is 3.05. The number of nitrogens with zero attached hydrogens (tertiary/aromatic N) is 2. The summed E-state index contributed by atoms with van der Waals surface area (Å²) in [5, 5.41) is 8.30. The van der Waals surface area contributed by atoms with Gasteiger partial charge in [-0.25, -0.2) is 0 Å². The topological polar surface area (TPSA) is 70.7 Å². The standard InChI is InChI=1S/C14H9F3N4O/c15-14(16,17)12-9(7-19-21-12)13(22)20-10-5-1-3-8-4-2-6-18-11(8)10/h1-7H,(H,19,21)(H,20,22). The van der Waals surface area contributed by atoms with Crippen LogP contribution >= 0.6 is 0 Å². The summed E-state index contributed by atoms with van der Waals surface area (Å²) in [5.74, 6) is -0.903. The maximum Gasteiger partial charge on any atom is 0.433 e. The van der Waals surface area contributed by atoms with Crippen LogP contribution in [0.1, 0.15) is 16.1 Å². The van der Waals surface area contributed by atoms with Crippen molar-refractivity contribution in [2.24, 2.45) is 0 Å². The molecule has 0 aliphatic rings. The molecule has 0 aliphatic heterocycles. The maximum atomic E-state index is 12.8. The minimum Gasteiger partial charge on any atom is -0.320 e. The number of alkyl halides is 3. The Labute approximate surface area is 122 Å². The van der Waals surface area contributed by atoms with Crippen LogP contribution in [0.25, 0.3) is 10.9 Å². The molecule has 0 spiro atoms. The number of hydrogen-bond acceptors (Lipinski definition) is 3. The van der Waals surface area contributed by atoms with Crippen LogP contribution in [0.5, 0.6) is 0 Å². The Morgan fingerprint density at radius 1 is 1.18 bits per heavy atom. The molecule has 8 heteroatoms. The Hall–Kier alpha value is -2.90. The fourth-order valence-corrected chi connectivity index (χ4v) is 2.07. The average molecular weight is 306 g/mol. The molecule has 2 N–H and O–H groups in total. The molecule has 2 aromatic heterocycles. The number of rotatable bonds is 2. The van der Waals surface area contributed by atoms with E-state index in [-0.39, 0.29) is 0 Å². The first kappa shape index (κ1) is 14.1. The smallest absolute Gasteiger partial charge is 0.320 e. The molecule has 3 aromatic rings. The van der Waals surface area contributed by atoms with Crippen LogP contribution in [0.15, 0.2) is 42.7 Å². The first-order valence-electron chi connectivity index (χ1n) is 6.22. The Kier molecular flexibility index (Phi) is 3.28. The number of H-pyrrole nitrogens is 1. The van der Waals surface area contributed by atoms with E-state index in [1.54, 1.807) is 35.4 Å². The molecule has 0 aliphatic carbocycles. The maximum absolute atomic E-state index is 12.8. The zero-order valence-corrected chi connectivity index (χ0v) is 11.0. The highest BCUT2D eigenvalue weighted by Gasteiger charge is 2.37. The largest absolute Gasteiger partial charge is 0.433 e. The number of aromatic nitrogens is 3. The monoisotopic (exact) mass is 306 g/mol. The van der Waals surface area contributed by atoms with Crippen LogP contribution < -0.4 is 5.32 Å². The molecule has 0 bridgehead atoms. The van der Waals surface area contributed by atoms with Crippen molar-refractivity contribution in [2.45, 2.75) is 6.18 Å². The van der Waals surface area contributed by atoms with Crippen LogP contribution in [-0.4, -0.2) is 21.1 Å². The van der Waals surface area contributed by atoms with Crippen LogP contribution in [0.2, 0.25) is 0 Å². The van der Waals surface area contributed by atoms with Gasteiger partial charge in [0.15, 0.2) is 5.69 Å². The number of fused-ring (bicyclic) bond motifs is 1. The van der Waals surface area contributed by atoms with Crippen LogP contribution in [0, 0.1) is 0 Å². The van der Waals surface area contributed by atoms with Crippen LogP contribution in [-0.2, 0) is 6.18 Å². The van der Waals surface area contributed by atoms with Gasteiger partial charge < -0.3 is 5.32 Å². The highest BCUT2D eigenvalue weighted by molar-refractivity contribution is 6.08. The second-order valence-corrected chi connectivity index (χ2v) is 4.49. The van der Waals surface area contributed by atoms with Gasteiger partial charge in [0.25, 0.3) is 5.91 Å². The fourth-order valence-electron chi connectivity index (χ4n) is 2.07. The lowest BCUT2D eigenvalue weighted by atomic mass is 10.1. The van der Waals surface area contributed by atoms with Crippen molar-refractivity contribution in [1.82, 2.24) is 15.2 Å². The lowest BCUT2D eigenvalue weighted by Gasteiger charge is -2.09. The summed E-state index contributed by atoms with van der Waals surface area (Å²) in [7, 11) is 0. The SMILES string of the molecule is O=C(Nc1cccc2cccnc12)c1cn[nH]c1C(F)(F)F. The van der Waals surface area contributed by atoms with Crippen molar-refractivity contribution in [1.29, 1.82) is 0 Å². The zero-order chi connectivity index (χ0) is 15.7. The molecule has 0 saturated heterocycles. The number of para-hydroxylation sites is 1. The normalized spacial score (nSPS) is 11.6. The van der Waals surface area contributed by atoms with E-state index in [4.69, 9.17) is 0 Å². The van der Waals surface area contributed by atoms with Gasteiger partial charge in [-0.2, -0.15) is 18.3 Å². The van der Waals surface area contributed by atoms with Gasteiger partial charge in [0.05, 0.1) is 23.0 Å². The fraction of sp³-hybridized carbons (Fsp3) is 0.0714. The number of aromatic amines is 1. The number of amides is 1. The zero-order valence-electron chi connectivity index (χ0n) is 11.0. The van der Waals surface area contributed by atoms with E-state index in [9.17, 15) is 18.0 Å². The summed E-state index contributed by atoms with van der Waals surface area (Å²) in [6.45, 7) is 0. The number of carbonyl (C=O) groups is 1. The summed E-state index contributed by atoms with van der Waals surface area (Å²) >= 11 is 0. The molecule has 0 saturated carbocycles. The Morgan fingerprint density at radius 2 is 1.95 bits per heavy atom. The van der Waals surface area contributed by atoms with Crippen LogP contribution in [0.4, 0.5) is 18.9 Å². The quantitative estimate of drug-likeness (QED) is 0.763. The number of halogens is 3. The molecule has 3 rings (SSSR count). The molecular weight excluding hydrogens is 297 g/mol.